The van der Waals surface area contributed by atoms with Gasteiger partial charge in [0.2, 0.25) is 0 Å². The number of halogens is 1. The summed E-state index contributed by atoms with van der Waals surface area (Å²) in [6.45, 7) is 6.48. The molecule has 0 amide bonds. The minimum atomic E-state index is 0.585. The van der Waals surface area contributed by atoms with Gasteiger partial charge in [-0.2, -0.15) is 0 Å². The van der Waals surface area contributed by atoms with Crippen LogP contribution < -0.4 is 5.32 Å². The topological polar surface area (TPSA) is 12.0 Å². The molecule has 2 rings (SSSR count). The molecule has 15 heavy (non-hydrogen) atoms. The highest BCUT2D eigenvalue weighted by Crippen LogP contribution is 2.44. The van der Waals surface area contributed by atoms with Crippen molar-refractivity contribution in [1.29, 1.82) is 0 Å². The molecule has 0 spiro atoms. The van der Waals surface area contributed by atoms with Crippen molar-refractivity contribution >= 4 is 11.6 Å². The van der Waals surface area contributed by atoms with Crippen molar-refractivity contribution < 1.29 is 0 Å². The van der Waals surface area contributed by atoms with Crippen LogP contribution in [0.3, 0.4) is 0 Å². The van der Waals surface area contributed by atoms with Crippen LogP contribution in [0.1, 0.15) is 30.9 Å². The molecule has 0 aliphatic heterocycles. The van der Waals surface area contributed by atoms with Crippen LogP contribution in [-0.2, 0) is 6.54 Å². The van der Waals surface area contributed by atoms with Crippen molar-refractivity contribution in [3.8, 4) is 0 Å². The van der Waals surface area contributed by atoms with Crippen LogP contribution in [0.4, 0.5) is 0 Å². The standard InChI is InChI=1S/C13H18ClN/c1-10-7-11(3-4-12(10)14)8-15-9-13(2)5-6-13/h3-4,7,15H,5-6,8-9H2,1-2H3. The second kappa shape index (κ2) is 4.15. The Kier molecular flexibility index (Phi) is 3.03. The van der Waals surface area contributed by atoms with Crippen LogP contribution in [0.25, 0.3) is 0 Å². The van der Waals surface area contributed by atoms with Crippen molar-refractivity contribution in [1.82, 2.24) is 5.32 Å². The van der Waals surface area contributed by atoms with Crippen molar-refractivity contribution in [2.24, 2.45) is 5.41 Å². The Balaban J connectivity index is 1.85. The van der Waals surface area contributed by atoms with E-state index < -0.39 is 0 Å². The van der Waals surface area contributed by atoms with E-state index in [1.54, 1.807) is 0 Å². The maximum Gasteiger partial charge on any atom is 0.0435 e. The summed E-state index contributed by atoms with van der Waals surface area (Å²) in [5.74, 6) is 0. The molecule has 2 heteroatoms. The lowest BCUT2D eigenvalue weighted by Gasteiger charge is -2.10. The Morgan fingerprint density at radius 2 is 2.13 bits per heavy atom. The summed E-state index contributed by atoms with van der Waals surface area (Å²) in [5, 5.41) is 4.36. The number of rotatable bonds is 4. The van der Waals surface area contributed by atoms with Gasteiger partial charge in [-0.25, -0.2) is 0 Å². The first-order chi connectivity index (χ1) is 7.09. The van der Waals surface area contributed by atoms with Gasteiger partial charge in [0.1, 0.15) is 0 Å². The van der Waals surface area contributed by atoms with E-state index in [0.29, 0.717) is 5.41 Å². The van der Waals surface area contributed by atoms with Crippen molar-refractivity contribution in [3.63, 3.8) is 0 Å². The molecule has 0 atom stereocenters. The average molecular weight is 224 g/mol. The first-order valence-electron chi connectivity index (χ1n) is 5.55. The maximum absolute atomic E-state index is 5.98. The molecule has 1 nitrogen and oxygen atoms in total. The average Bonchev–Trinajstić information content (AvgIpc) is 2.90. The number of aryl methyl sites for hydroxylation is 1. The van der Waals surface area contributed by atoms with Crippen LogP contribution in [-0.4, -0.2) is 6.54 Å². The lowest BCUT2D eigenvalue weighted by atomic mass is 10.1. The summed E-state index contributed by atoms with van der Waals surface area (Å²) in [6, 6.07) is 6.23. The summed E-state index contributed by atoms with van der Waals surface area (Å²) in [5.41, 5.74) is 3.07. The Bertz CT molecular complexity index is 356. The van der Waals surface area contributed by atoms with Gasteiger partial charge in [-0.15, -0.1) is 0 Å². The van der Waals surface area contributed by atoms with Crippen molar-refractivity contribution in [2.75, 3.05) is 6.54 Å². The van der Waals surface area contributed by atoms with Crippen molar-refractivity contribution in [2.45, 2.75) is 33.2 Å². The fourth-order valence-corrected chi connectivity index (χ4v) is 1.83. The van der Waals surface area contributed by atoms with Crippen LogP contribution in [0.15, 0.2) is 18.2 Å². The Morgan fingerprint density at radius 3 is 2.73 bits per heavy atom. The molecular weight excluding hydrogens is 206 g/mol. The van der Waals surface area contributed by atoms with Gasteiger partial charge >= 0.3 is 0 Å². The summed E-state index contributed by atoms with van der Waals surface area (Å²) < 4.78 is 0. The molecule has 82 valence electrons. The smallest absolute Gasteiger partial charge is 0.0435 e. The van der Waals surface area contributed by atoms with E-state index in [1.807, 2.05) is 13.0 Å². The second-order valence-corrected chi connectivity index (χ2v) is 5.40. The molecule has 0 aromatic heterocycles. The third-order valence-corrected chi connectivity index (χ3v) is 3.63. The van der Waals surface area contributed by atoms with E-state index in [1.165, 1.54) is 18.4 Å². The van der Waals surface area contributed by atoms with Crippen LogP contribution in [0, 0.1) is 12.3 Å². The monoisotopic (exact) mass is 223 g/mol. The molecule has 0 heterocycles. The molecule has 0 saturated heterocycles. The third-order valence-electron chi connectivity index (χ3n) is 3.21. The molecule has 1 N–H and O–H groups in total. The fraction of sp³-hybridized carbons (Fsp3) is 0.538. The van der Waals surface area contributed by atoms with Gasteiger partial charge in [0, 0.05) is 18.1 Å². The molecule has 1 saturated carbocycles. The van der Waals surface area contributed by atoms with E-state index in [9.17, 15) is 0 Å². The van der Waals surface area contributed by atoms with Gasteiger partial charge in [-0.1, -0.05) is 30.7 Å². The zero-order valence-electron chi connectivity index (χ0n) is 9.44. The molecule has 1 aromatic carbocycles. The fourth-order valence-electron chi connectivity index (χ4n) is 1.72. The number of hydrogen-bond acceptors (Lipinski definition) is 1. The quantitative estimate of drug-likeness (QED) is 0.824. The highest BCUT2D eigenvalue weighted by molar-refractivity contribution is 6.31. The number of hydrogen-bond donors (Lipinski definition) is 1. The van der Waals surface area contributed by atoms with E-state index in [2.05, 4.69) is 24.4 Å². The predicted molar refractivity (Wildman–Crippen MR) is 65.2 cm³/mol. The van der Waals surface area contributed by atoms with Crippen LogP contribution >= 0.6 is 11.6 Å². The summed E-state index contributed by atoms with van der Waals surface area (Å²) in [7, 11) is 0. The van der Waals surface area contributed by atoms with Gasteiger partial charge in [-0.3, -0.25) is 0 Å². The highest BCUT2D eigenvalue weighted by Gasteiger charge is 2.36. The number of benzene rings is 1. The van der Waals surface area contributed by atoms with Gasteiger partial charge in [0.25, 0.3) is 0 Å². The van der Waals surface area contributed by atoms with E-state index >= 15 is 0 Å². The molecule has 1 fully saturated rings. The van der Waals surface area contributed by atoms with Gasteiger partial charge in [-0.05, 0) is 42.4 Å². The molecule has 1 aliphatic rings. The molecule has 0 radical (unpaired) electrons. The molecule has 1 aliphatic carbocycles. The number of nitrogens with one attached hydrogen (secondary N) is 1. The SMILES string of the molecule is Cc1cc(CNCC2(C)CC2)ccc1Cl. The first-order valence-corrected chi connectivity index (χ1v) is 5.93. The lowest BCUT2D eigenvalue weighted by molar-refractivity contribution is 0.499. The maximum atomic E-state index is 5.98. The Morgan fingerprint density at radius 1 is 1.40 bits per heavy atom. The Labute approximate surface area is 96.8 Å². The van der Waals surface area contributed by atoms with Gasteiger partial charge in [0.15, 0.2) is 0 Å². The Hall–Kier alpha value is -0.530. The largest absolute Gasteiger partial charge is 0.312 e. The zero-order chi connectivity index (χ0) is 10.9. The lowest BCUT2D eigenvalue weighted by Crippen LogP contribution is -2.21. The first kappa shape index (κ1) is 11.0. The predicted octanol–water partition coefficient (Wildman–Crippen LogP) is 3.54. The third kappa shape index (κ3) is 2.96. The van der Waals surface area contributed by atoms with E-state index in [-0.39, 0.29) is 0 Å². The highest BCUT2D eigenvalue weighted by atomic mass is 35.5. The minimum absolute atomic E-state index is 0.585. The summed E-state index contributed by atoms with van der Waals surface area (Å²) in [6.07, 6.45) is 2.75. The van der Waals surface area contributed by atoms with Gasteiger partial charge < -0.3 is 5.32 Å². The molecule has 1 aromatic rings. The van der Waals surface area contributed by atoms with Crippen LogP contribution in [0.2, 0.25) is 5.02 Å². The summed E-state index contributed by atoms with van der Waals surface area (Å²) >= 11 is 5.98. The normalized spacial score (nSPS) is 17.8. The minimum Gasteiger partial charge on any atom is -0.312 e. The molecule has 0 unspecified atom stereocenters. The van der Waals surface area contributed by atoms with E-state index in [0.717, 1.165) is 23.7 Å². The van der Waals surface area contributed by atoms with Crippen LogP contribution in [0.5, 0.6) is 0 Å². The van der Waals surface area contributed by atoms with Gasteiger partial charge in [0.05, 0.1) is 0 Å². The zero-order valence-corrected chi connectivity index (χ0v) is 10.2. The second-order valence-electron chi connectivity index (χ2n) is 5.00. The summed E-state index contributed by atoms with van der Waals surface area (Å²) in [4.78, 5) is 0. The van der Waals surface area contributed by atoms with E-state index in [4.69, 9.17) is 11.6 Å². The van der Waals surface area contributed by atoms with Crippen molar-refractivity contribution in [3.05, 3.63) is 34.3 Å². The molecule has 0 bridgehead atoms. The molecular formula is C13H18ClN.